The Balaban J connectivity index is 2.39. The molecule has 1 heterocycles. The lowest BCUT2D eigenvalue weighted by Gasteiger charge is -2.20. The molecule has 0 radical (unpaired) electrons. The maximum atomic E-state index is 12.8. The zero-order valence-corrected chi connectivity index (χ0v) is 12.2. The summed E-state index contributed by atoms with van der Waals surface area (Å²) in [5.41, 5.74) is 0.313. The summed E-state index contributed by atoms with van der Waals surface area (Å²) in [7, 11) is 1.97. The van der Waals surface area contributed by atoms with Crippen LogP contribution in [0, 0.1) is 11.7 Å². The summed E-state index contributed by atoms with van der Waals surface area (Å²) in [4.78, 5) is 18.0. The summed E-state index contributed by atoms with van der Waals surface area (Å²) >= 11 is 0. The van der Waals surface area contributed by atoms with E-state index in [1.807, 2.05) is 14.0 Å². The molecule has 0 saturated heterocycles. The number of pyridine rings is 1. The molecule has 20 heavy (non-hydrogen) atoms. The first-order chi connectivity index (χ1) is 9.54. The van der Waals surface area contributed by atoms with Gasteiger partial charge in [0, 0.05) is 19.1 Å². The number of aromatic nitrogens is 1. The maximum absolute atomic E-state index is 12.8. The smallest absolute Gasteiger partial charge is 0.185 e. The predicted molar refractivity (Wildman–Crippen MR) is 76.1 cm³/mol. The number of unbranched alkanes of at least 4 members (excludes halogenated alkanes) is 2. The van der Waals surface area contributed by atoms with Crippen LogP contribution in [0.2, 0.25) is 0 Å². The molecule has 1 unspecified atom stereocenters. The van der Waals surface area contributed by atoms with Crippen molar-refractivity contribution >= 4 is 5.78 Å². The number of Topliss-reactive ketones (excluding diaryl/α,β-unsaturated/α-hetero) is 1. The summed E-state index contributed by atoms with van der Waals surface area (Å²) in [5.74, 6) is -0.668. The quantitative estimate of drug-likeness (QED) is 0.557. The highest BCUT2D eigenvalue weighted by molar-refractivity contribution is 5.95. The van der Waals surface area contributed by atoms with Crippen molar-refractivity contribution in [2.24, 2.45) is 5.92 Å². The third kappa shape index (κ3) is 5.75. The average molecular weight is 282 g/mol. The molecule has 1 aromatic heterocycles. The van der Waals surface area contributed by atoms with E-state index in [-0.39, 0.29) is 18.3 Å². The van der Waals surface area contributed by atoms with Gasteiger partial charge in [0.1, 0.15) is 11.5 Å². The number of ketones is 1. The molecule has 0 bridgehead atoms. The van der Waals surface area contributed by atoms with E-state index >= 15 is 0 Å². The Labute approximate surface area is 119 Å². The minimum absolute atomic E-state index is 0.0628. The second-order valence-electron chi connectivity index (χ2n) is 5.17. The van der Waals surface area contributed by atoms with Gasteiger partial charge >= 0.3 is 0 Å². The number of aliphatic hydroxyl groups is 1. The van der Waals surface area contributed by atoms with E-state index in [1.165, 1.54) is 12.1 Å². The van der Waals surface area contributed by atoms with Gasteiger partial charge in [0.25, 0.3) is 0 Å². The summed E-state index contributed by atoms with van der Waals surface area (Å²) in [5, 5.41) is 8.70. The molecule has 0 aliphatic heterocycles. The number of aliphatic hydroxyl groups excluding tert-OH is 1. The van der Waals surface area contributed by atoms with Gasteiger partial charge in [-0.25, -0.2) is 4.39 Å². The van der Waals surface area contributed by atoms with Crippen molar-refractivity contribution in [2.75, 3.05) is 26.7 Å². The maximum Gasteiger partial charge on any atom is 0.185 e. The highest BCUT2D eigenvalue weighted by Gasteiger charge is 2.18. The first-order valence-electron chi connectivity index (χ1n) is 6.99. The number of hydrogen-bond acceptors (Lipinski definition) is 4. The molecule has 0 aliphatic carbocycles. The number of carbonyl (C=O) groups excluding carboxylic acids is 1. The molecule has 112 valence electrons. The van der Waals surface area contributed by atoms with Gasteiger partial charge in [-0.3, -0.25) is 9.78 Å². The highest BCUT2D eigenvalue weighted by Crippen LogP contribution is 2.09. The van der Waals surface area contributed by atoms with E-state index < -0.39 is 5.82 Å². The molecule has 1 atom stereocenters. The minimum atomic E-state index is -0.435. The SMILES string of the molecule is CC(CN(C)CCCCCO)C(=O)c1ccc(F)cn1. The summed E-state index contributed by atoms with van der Waals surface area (Å²) in [6.45, 7) is 3.64. The number of rotatable bonds is 9. The lowest BCUT2D eigenvalue weighted by molar-refractivity contribution is 0.0897. The first-order valence-corrected chi connectivity index (χ1v) is 6.99. The van der Waals surface area contributed by atoms with E-state index in [1.54, 1.807) is 0 Å². The van der Waals surface area contributed by atoms with Gasteiger partial charge < -0.3 is 10.0 Å². The normalized spacial score (nSPS) is 12.7. The van der Waals surface area contributed by atoms with Gasteiger partial charge in [0.2, 0.25) is 0 Å². The molecule has 5 heteroatoms. The number of hydrogen-bond donors (Lipinski definition) is 1. The summed E-state index contributed by atoms with van der Waals surface area (Å²) < 4.78 is 12.8. The molecule has 4 nitrogen and oxygen atoms in total. The number of nitrogens with zero attached hydrogens (tertiary/aromatic N) is 2. The third-order valence-electron chi connectivity index (χ3n) is 3.21. The fourth-order valence-corrected chi connectivity index (χ4v) is 2.09. The number of carbonyl (C=O) groups is 1. The topological polar surface area (TPSA) is 53.4 Å². The van der Waals surface area contributed by atoms with Crippen LogP contribution in [0.4, 0.5) is 4.39 Å². The summed E-state index contributed by atoms with van der Waals surface area (Å²) in [6.07, 6.45) is 3.88. The van der Waals surface area contributed by atoms with E-state index in [4.69, 9.17) is 5.11 Å². The molecule has 0 aromatic carbocycles. The van der Waals surface area contributed by atoms with Crippen LogP contribution in [0.25, 0.3) is 0 Å². The van der Waals surface area contributed by atoms with Crippen molar-refractivity contribution in [3.05, 3.63) is 29.8 Å². The molecule has 1 aromatic rings. The largest absolute Gasteiger partial charge is 0.396 e. The Morgan fingerprint density at radius 3 is 2.75 bits per heavy atom. The van der Waals surface area contributed by atoms with Crippen LogP contribution in [-0.4, -0.2) is 47.5 Å². The molecular weight excluding hydrogens is 259 g/mol. The lowest BCUT2D eigenvalue weighted by atomic mass is 10.0. The van der Waals surface area contributed by atoms with E-state index in [0.29, 0.717) is 12.2 Å². The zero-order valence-electron chi connectivity index (χ0n) is 12.2. The van der Waals surface area contributed by atoms with Crippen LogP contribution in [0.3, 0.4) is 0 Å². The van der Waals surface area contributed by atoms with E-state index in [9.17, 15) is 9.18 Å². The molecule has 1 rings (SSSR count). The third-order valence-corrected chi connectivity index (χ3v) is 3.21. The molecule has 0 fully saturated rings. The van der Waals surface area contributed by atoms with Crippen molar-refractivity contribution in [3.63, 3.8) is 0 Å². The molecular formula is C15H23FN2O2. The molecule has 0 saturated carbocycles. The van der Waals surface area contributed by atoms with Crippen molar-refractivity contribution in [3.8, 4) is 0 Å². The standard InChI is InChI=1S/C15H23FN2O2/c1-12(11-18(2)8-4-3-5-9-19)15(20)14-7-6-13(16)10-17-14/h6-7,10,12,19H,3-5,8-9,11H2,1-2H3. The first kappa shape index (κ1) is 16.7. The molecule has 0 aliphatic rings. The van der Waals surface area contributed by atoms with Crippen LogP contribution < -0.4 is 0 Å². The number of halogens is 1. The van der Waals surface area contributed by atoms with Gasteiger partial charge in [-0.05, 0) is 45.0 Å². The van der Waals surface area contributed by atoms with Crippen molar-refractivity contribution in [2.45, 2.75) is 26.2 Å². The fraction of sp³-hybridized carbons (Fsp3) is 0.600. The molecule has 0 spiro atoms. The highest BCUT2D eigenvalue weighted by atomic mass is 19.1. The van der Waals surface area contributed by atoms with Gasteiger partial charge in [0.15, 0.2) is 5.78 Å². The Morgan fingerprint density at radius 1 is 1.40 bits per heavy atom. The van der Waals surface area contributed by atoms with Crippen molar-refractivity contribution in [1.29, 1.82) is 0 Å². The Hall–Kier alpha value is -1.33. The zero-order chi connectivity index (χ0) is 15.0. The van der Waals surface area contributed by atoms with Gasteiger partial charge in [-0.1, -0.05) is 6.92 Å². The van der Waals surface area contributed by atoms with Gasteiger partial charge in [-0.15, -0.1) is 0 Å². The van der Waals surface area contributed by atoms with Crippen LogP contribution in [0.15, 0.2) is 18.3 Å². The van der Waals surface area contributed by atoms with Crippen molar-refractivity contribution in [1.82, 2.24) is 9.88 Å². The summed E-state index contributed by atoms with van der Waals surface area (Å²) in [6, 6.07) is 2.68. The Kier molecular flexibility index (Phi) is 7.33. The molecule has 0 amide bonds. The van der Waals surface area contributed by atoms with Crippen LogP contribution in [-0.2, 0) is 0 Å². The monoisotopic (exact) mass is 282 g/mol. The van der Waals surface area contributed by atoms with Gasteiger partial charge in [-0.2, -0.15) is 0 Å². The van der Waals surface area contributed by atoms with Crippen LogP contribution in [0.1, 0.15) is 36.7 Å². The fourth-order valence-electron chi connectivity index (χ4n) is 2.09. The molecule has 1 N–H and O–H groups in total. The average Bonchev–Trinajstić information content (AvgIpc) is 2.43. The van der Waals surface area contributed by atoms with Gasteiger partial charge in [0.05, 0.1) is 6.20 Å². The van der Waals surface area contributed by atoms with Crippen molar-refractivity contribution < 1.29 is 14.3 Å². The van der Waals surface area contributed by atoms with E-state index in [0.717, 1.165) is 32.0 Å². The second-order valence-corrected chi connectivity index (χ2v) is 5.17. The van der Waals surface area contributed by atoms with Crippen LogP contribution in [0.5, 0.6) is 0 Å². The Bertz CT molecular complexity index is 409. The van der Waals surface area contributed by atoms with Crippen LogP contribution >= 0.6 is 0 Å². The second kappa shape index (κ2) is 8.76. The lowest BCUT2D eigenvalue weighted by Crippen LogP contribution is -2.30. The minimum Gasteiger partial charge on any atom is -0.396 e. The Morgan fingerprint density at radius 2 is 2.15 bits per heavy atom. The van der Waals surface area contributed by atoms with E-state index in [2.05, 4.69) is 9.88 Å². The predicted octanol–water partition coefficient (Wildman–Crippen LogP) is 2.13.